The van der Waals surface area contributed by atoms with Crippen molar-refractivity contribution in [3.63, 3.8) is 0 Å². The molecule has 0 aliphatic heterocycles. The Balaban J connectivity index is 2.26. The Hall–Kier alpha value is -0.660. The molecule has 1 aromatic carbocycles. The summed E-state index contributed by atoms with van der Waals surface area (Å²) in [6, 6.07) is 5.88. The van der Waals surface area contributed by atoms with Gasteiger partial charge in [-0.1, -0.05) is 23.2 Å². The number of H-pyrrole nitrogens is 1. The number of hydrogen-bond donors (Lipinski definition) is 1. The van der Waals surface area contributed by atoms with Crippen LogP contribution < -0.4 is 0 Å². The molecule has 1 saturated carbocycles. The second-order valence-electron chi connectivity index (χ2n) is 3.85. The van der Waals surface area contributed by atoms with Crippen molar-refractivity contribution >= 4 is 34.1 Å². The third kappa shape index (κ3) is 1.32. The summed E-state index contributed by atoms with van der Waals surface area (Å²) in [4.78, 5) is 3.36. The standard InChI is InChI=1S/C11H9Cl2N/c12-8-3-7-4-10(6-1-2-6)14-11(7)9(13)5-8/h3-6,14H,1-2H2. The number of benzene rings is 1. The molecule has 1 aliphatic carbocycles. The van der Waals surface area contributed by atoms with Crippen LogP contribution in [0.5, 0.6) is 0 Å². The van der Waals surface area contributed by atoms with Gasteiger partial charge in [0.25, 0.3) is 0 Å². The van der Waals surface area contributed by atoms with Gasteiger partial charge in [0, 0.05) is 16.1 Å². The molecule has 3 rings (SSSR count). The van der Waals surface area contributed by atoms with E-state index in [9.17, 15) is 0 Å². The Bertz CT molecular complexity index is 497. The molecule has 1 nitrogen and oxygen atoms in total. The van der Waals surface area contributed by atoms with E-state index >= 15 is 0 Å². The van der Waals surface area contributed by atoms with Crippen LogP contribution in [0, 0.1) is 0 Å². The molecule has 0 bridgehead atoms. The quantitative estimate of drug-likeness (QED) is 0.743. The molecular formula is C11H9Cl2N. The first kappa shape index (κ1) is 8.63. The molecule has 1 fully saturated rings. The summed E-state index contributed by atoms with van der Waals surface area (Å²) in [7, 11) is 0. The molecule has 3 heteroatoms. The smallest absolute Gasteiger partial charge is 0.0661 e. The summed E-state index contributed by atoms with van der Waals surface area (Å²) in [6.07, 6.45) is 2.58. The van der Waals surface area contributed by atoms with Crippen molar-refractivity contribution in [3.8, 4) is 0 Å². The second kappa shape index (κ2) is 2.91. The van der Waals surface area contributed by atoms with Crippen LogP contribution in [0.3, 0.4) is 0 Å². The van der Waals surface area contributed by atoms with Gasteiger partial charge in [0.2, 0.25) is 0 Å². The average Bonchev–Trinajstić information content (AvgIpc) is 2.87. The molecular weight excluding hydrogens is 217 g/mol. The Labute approximate surface area is 92.0 Å². The van der Waals surface area contributed by atoms with Crippen molar-refractivity contribution in [1.29, 1.82) is 0 Å². The van der Waals surface area contributed by atoms with E-state index in [1.807, 2.05) is 6.07 Å². The predicted octanol–water partition coefficient (Wildman–Crippen LogP) is 4.35. The van der Waals surface area contributed by atoms with Crippen molar-refractivity contribution in [2.75, 3.05) is 0 Å². The average molecular weight is 226 g/mol. The summed E-state index contributed by atoms with van der Waals surface area (Å²) in [6.45, 7) is 0. The number of aromatic nitrogens is 1. The van der Waals surface area contributed by atoms with Crippen LogP contribution in [0.25, 0.3) is 10.9 Å². The lowest BCUT2D eigenvalue weighted by molar-refractivity contribution is 1.06. The highest BCUT2D eigenvalue weighted by Crippen LogP contribution is 2.41. The molecule has 0 saturated heterocycles. The van der Waals surface area contributed by atoms with Gasteiger partial charge in [0.1, 0.15) is 0 Å². The van der Waals surface area contributed by atoms with E-state index in [1.54, 1.807) is 6.07 Å². The summed E-state index contributed by atoms with van der Waals surface area (Å²) >= 11 is 12.0. The summed E-state index contributed by atoms with van der Waals surface area (Å²) in [5.74, 6) is 0.720. The van der Waals surface area contributed by atoms with E-state index in [0.717, 1.165) is 16.8 Å². The fourth-order valence-electron chi connectivity index (χ4n) is 1.80. The molecule has 2 aromatic rings. The fraction of sp³-hybridized carbons (Fsp3) is 0.273. The highest BCUT2D eigenvalue weighted by Gasteiger charge is 2.25. The lowest BCUT2D eigenvalue weighted by Crippen LogP contribution is -1.76. The van der Waals surface area contributed by atoms with Crippen LogP contribution in [0.4, 0.5) is 0 Å². The third-order valence-electron chi connectivity index (χ3n) is 2.68. The lowest BCUT2D eigenvalue weighted by Gasteiger charge is -1.94. The summed E-state index contributed by atoms with van der Waals surface area (Å²) < 4.78 is 0. The van der Waals surface area contributed by atoms with Gasteiger partial charge in [-0.25, -0.2) is 0 Å². The first-order valence-electron chi connectivity index (χ1n) is 4.72. The maximum atomic E-state index is 6.09. The molecule has 1 N–H and O–H groups in total. The zero-order valence-corrected chi connectivity index (χ0v) is 8.99. The Morgan fingerprint density at radius 1 is 1.14 bits per heavy atom. The van der Waals surface area contributed by atoms with Crippen molar-refractivity contribution < 1.29 is 0 Å². The number of hydrogen-bond acceptors (Lipinski definition) is 0. The molecule has 0 unspecified atom stereocenters. The predicted molar refractivity (Wildman–Crippen MR) is 60.3 cm³/mol. The topological polar surface area (TPSA) is 15.8 Å². The Morgan fingerprint density at radius 3 is 2.64 bits per heavy atom. The third-order valence-corrected chi connectivity index (χ3v) is 3.20. The number of nitrogens with one attached hydrogen (secondary N) is 1. The van der Waals surface area contributed by atoms with Crippen LogP contribution in [-0.4, -0.2) is 4.98 Å². The molecule has 1 heterocycles. The highest BCUT2D eigenvalue weighted by molar-refractivity contribution is 6.38. The molecule has 0 amide bonds. The van der Waals surface area contributed by atoms with Crippen LogP contribution in [0.2, 0.25) is 10.0 Å². The van der Waals surface area contributed by atoms with Gasteiger partial charge < -0.3 is 4.98 Å². The Kier molecular flexibility index (Phi) is 1.80. The molecule has 14 heavy (non-hydrogen) atoms. The fourth-order valence-corrected chi connectivity index (χ4v) is 2.36. The molecule has 1 aliphatic rings. The first-order valence-corrected chi connectivity index (χ1v) is 5.47. The second-order valence-corrected chi connectivity index (χ2v) is 4.69. The minimum Gasteiger partial charge on any atom is -0.357 e. The number of aromatic amines is 1. The van der Waals surface area contributed by atoms with Crippen LogP contribution in [-0.2, 0) is 0 Å². The summed E-state index contributed by atoms with van der Waals surface area (Å²) in [5, 5.41) is 2.52. The minimum atomic E-state index is 0.698. The van der Waals surface area contributed by atoms with Gasteiger partial charge in [-0.05, 0) is 37.0 Å². The SMILES string of the molecule is Clc1cc(Cl)c2[nH]c(C3CC3)cc2c1. The zero-order chi connectivity index (χ0) is 9.71. The van der Waals surface area contributed by atoms with Crippen molar-refractivity contribution in [2.24, 2.45) is 0 Å². The van der Waals surface area contributed by atoms with E-state index in [2.05, 4.69) is 11.1 Å². The van der Waals surface area contributed by atoms with Gasteiger partial charge in [0.15, 0.2) is 0 Å². The van der Waals surface area contributed by atoms with E-state index in [4.69, 9.17) is 23.2 Å². The molecule has 72 valence electrons. The van der Waals surface area contributed by atoms with Gasteiger partial charge in [-0.15, -0.1) is 0 Å². The van der Waals surface area contributed by atoms with Crippen molar-refractivity contribution in [2.45, 2.75) is 18.8 Å². The lowest BCUT2D eigenvalue weighted by atomic mass is 10.2. The monoisotopic (exact) mass is 225 g/mol. The van der Waals surface area contributed by atoms with E-state index in [-0.39, 0.29) is 0 Å². The van der Waals surface area contributed by atoms with E-state index in [1.165, 1.54) is 18.5 Å². The van der Waals surface area contributed by atoms with Crippen molar-refractivity contribution in [3.05, 3.63) is 33.9 Å². The van der Waals surface area contributed by atoms with Crippen LogP contribution in [0.1, 0.15) is 24.5 Å². The molecule has 0 atom stereocenters. The van der Waals surface area contributed by atoms with Gasteiger partial charge in [-0.3, -0.25) is 0 Å². The maximum Gasteiger partial charge on any atom is 0.0661 e. The largest absolute Gasteiger partial charge is 0.357 e. The molecule has 1 aromatic heterocycles. The van der Waals surface area contributed by atoms with Crippen LogP contribution >= 0.6 is 23.2 Å². The number of fused-ring (bicyclic) bond motifs is 1. The van der Waals surface area contributed by atoms with Gasteiger partial charge in [0.05, 0.1) is 10.5 Å². The normalized spacial score (nSPS) is 16.4. The van der Waals surface area contributed by atoms with Gasteiger partial charge >= 0.3 is 0 Å². The molecule has 0 radical (unpaired) electrons. The molecule has 0 spiro atoms. The zero-order valence-electron chi connectivity index (χ0n) is 7.48. The number of rotatable bonds is 1. The van der Waals surface area contributed by atoms with E-state index < -0.39 is 0 Å². The highest BCUT2D eigenvalue weighted by atomic mass is 35.5. The minimum absolute atomic E-state index is 0.698. The first-order chi connectivity index (χ1) is 6.74. The number of halogens is 2. The van der Waals surface area contributed by atoms with Gasteiger partial charge in [-0.2, -0.15) is 0 Å². The van der Waals surface area contributed by atoms with E-state index in [0.29, 0.717) is 10.0 Å². The maximum absolute atomic E-state index is 6.09. The van der Waals surface area contributed by atoms with Crippen molar-refractivity contribution in [1.82, 2.24) is 4.98 Å². The Morgan fingerprint density at radius 2 is 1.93 bits per heavy atom. The summed E-state index contributed by atoms with van der Waals surface area (Å²) in [5.41, 5.74) is 2.31. The van der Waals surface area contributed by atoms with Crippen LogP contribution in [0.15, 0.2) is 18.2 Å².